The molecule has 160 valence electrons. The van der Waals surface area contributed by atoms with Crippen LogP contribution in [0.1, 0.15) is 24.5 Å². The molecule has 4 rings (SSSR count). The van der Waals surface area contributed by atoms with E-state index in [9.17, 15) is 14.4 Å². The Labute approximate surface area is 178 Å². The summed E-state index contributed by atoms with van der Waals surface area (Å²) >= 11 is 0. The first-order valence-electron chi connectivity index (χ1n) is 10.1. The lowest BCUT2D eigenvalue weighted by atomic mass is 10.1. The summed E-state index contributed by atoms with van der Waals surface area (Å²) in [6, 6.07) is 11.8. The largest absolute Gasteiger partial charge is 0.496 e. The summed E-state index contributed by atoms with van der Waals surface area (Å²) in [5.41, 5.74) is 1.57. The lowest BCUT2D eigenvalue weighted by Crippen LogP contribution is -2.36. The van der Waals surface area contributed by atoms with E-state index in [-0.39, 0.29) is 30.1 Å². The van der Waals surface area contributed by atoms with Crippen LogP contribution in [0.4, 0.5) is 0 Å². The Morgan fingerprint density at radius 1 is 1.16 bits per heavy atom. The summed E-state index contributed by atoms with van der Waals surface area (Å²) in [5, 5.41) is 7.02. The van der Waals surface area contributed by atoms with E-state index in [0.29, 0.717) is 23.9 Å². The van der Waals surface area contributed by atoms with Crippen LogP contribution in [0, 0.1) is 0 Å². The van der Waals surface area contributed by atoms with E-state index in [4.69, 9.17) is 4.74 Å². The summed E-state index contributed by atoms with van der Waals surface area (Å²) in [5.74, 6) is 0.665. The normalized spacial score (nSPS) is 13.1. The molecule has 0 saturated heterocycles. The maximum absolute atomic E-state index is 12.3. The average Bonchev–Trinajstić information content (AvgIpc) is 3.62. The van der Waals surface area contributed by atoms with Crippen molar-refractivity contribution < 1.29 is 9.53 Å². The number of nitrogens with one attached hydrogen (secondary N) is 1. The van der Waals surface area contributed by atoms with Crippen LogP contribution < -0.4 is 21.2 Å². The second-order valence-corrected chi connectivity index (χ2v) is 7.38. The van der Waals surface area contributed by atoms with Crippen LogP contribution in [0.5, 0.6) is 5.75 Å². The number of aromatic nitrogens is 4. The van der Waals surface area contributed by atoms with E-state index in [0.717, 1.165) is 28.8 Å². The van der Waals surface area contributed by atoms with Crippen LogP contribution >= 0.6 is 0 Å². The maximum Gasteiger partial charge on any atom is 0.267 e. The standard InChI is InChI=1S/C22H23N5O4/c1-31-19-5-3-2-4-16(19)17-8-9-21(29)27(25-17)13-20(28)23-10-11-26-14-24-18(12-22(26)30)15-6-7-15/h2-5,8-9,12,14-15H,6-7,10-11,13H2,1H3,(H,23,28). The highest BCUT2D eigenvalue weighted by Gasteiger charge is 2.25. The van der Waals surface area contributed by atoms with Gasteiger partial charge in [0.15, 0.2) is 0 Å². The second-order valence-electron chi connectivity index (χ2n) is 7.38. The average molecular weight is 421 g/mol. The first-order chi connectivity index (χ1) is 15.0. The van der Waals surface area contributed by atoms with Gasteiger partial charge in [-0.05, 0) is 31.0 Å². The van der Waals surface area contributed by atoms with Gasteiger partial charge in [-0.2, -0.15) is 5.10 Å². The Hall–Kier alpha value is -3.75. The minimum absolute atomic E-state index is 0.131. The van der Waals surface area contributed by atoms with E-state index in [1.165, 1.54) is 17.0 Å². The summed E-state index contributed by atoms with van der Waals surface area (Å²) in [6.07, 6.45) is 3.68. The van der Waals surface area contributed by atoms with Gasteiger partial charge < -0.3 is 10.1 Å². The predicted octanol–water partition coefficient (Wildman–Crippen LogP) is 1.17. The zero-order chi connectivity index (χ0) is 21.8. The van der Waals surface area contributed by atoms with Crippen LogP contribution in [0.15, 0.2) is 58.4 Å². The Morgan fingerprint density at radius 2 is 1.97 bits per heavy atom. The molecule has 1 fully saturated rings. The van der Waals surface area contributed by atoms with Gasteiger partial charge in [0.1, 0.15) is 12.3 Å². The van der Waals surface area contributed by atoms with Crippen LogP contribution in [0.25, 0.3) is 11.3 Å². The molecule has 1 amide bonds. The van der Waals surface area contributed by atoms with E-state index >= 15 is 0 Å². The van der Waals surface area contributed by atoms with Crippen molar-refractivity contribution in [2.45, 2.75) is 31.8 Å². The molecule has 0 spiro atoms. The lowest BCUT2D eigenvalue weighted by Gasteiger charge is -2.11. The third-order valence-corrected chi connectivity index (χ3v) is 5.11. The molecule has 3 aromatic rings. The molecule has 0 unspecified atom stereocenters. The molecule has 2 heterocycles. The Bertz CT molecular complexity index is 1210. The van der Waals surface area contributed by atoms with E-state index in [2.05, 4.69) is 15.4 Å². The molecule has 9 nitrogen and oxygen atoms in total. The van der Waals surface area contributed by atoms with Crippen LogP contribution in [0.2, 0.25) is 0 Å². The van der Waals surface area contributed by atoms with Gasteiger partial charge in [-0.15, -0.1) is 0 Å². The molecular weight excluding hydrogens is 398 g/mol. The number of benzene rings is 1. The van der Waals surface area contributed by atoms with Gasteiger partial charge in [-0.3, -0.25) is 19.0 Å². The highest BCUT2D eigenvalue weighted by Crippen LogP contribution is 2.38. The summed E-state index contributed by atoms with van der Waals surface area (Å²) < 4.78 is 7.90. The van der Waals surface area contributed by atoms with Crippen LogP contribution in [0.3, 0.4) is 0 Å². The minimum atomic E-state index is -0.384. The zero-order valence-electron chi connectivity index (χ0n) is 17.2. The third kappa shape index (κ3) is 4.88. The minimum Gasteiger partial charge on any atom is -0.496 e. The first-order valence-corrected chi connectivity index (χ1v) is 10.1. The van der Waals surface area contributed by atoms with Crippen molar-refractivity contribution in [3.8, 4) is 17.0 Å². The number of ether oxygens (including phenoxy) is 1. The highest BCUT2D eigenvalue weighted by molar-refractivity contribution is 5.75. The maximum atomic E-state index is 12.3. The van der Waals surface area contributed by atoms with Gasteiger partial charge in [-0.1, -0.05) is 12.1 Å². The molecule has 2 aromatic heterocycles. The number of nitrogens with zero attached hydrogens (tertiary/aromatic N) is 4. The van der Waals surface area contributed by atoms with Gasteiger partial charge in [0.25, 0.3) is 11.1 Å². The number of amides is 1. The molecular formula is C22H23N5O4. The second kappa shape index (κ2) is 8.95. The predicted molar refractivity (Wildman–Crippen MR) is 114 cm³/mol. The number of hydrogen-bond donors (Lipinski definition) is 1. The van der Waals surface area contributed by atoms with Crippen molar-refractivity contribution in [3.63, 3.8) is 0 Å². The van der Waals surface area contributed by atoms with Gasteiger partial charge >= 0.3 is 0 Å². The van der Waals surface area contributed by atoms with Crippen molar-refractivity contribution in [3.05, 3.63) is 75.2 Å². The third-order valence-electron chi connectivity index (χ3n) is 5.11. The quantitative estimate of drug-likeness (QED) is 0.585. The van der Waals surface area contributed by atoms with E-state index in [1.807, 2.05) is 18.2 Å². The van der Waals surface area contributed by atoms with Crippen molar-refractivity contribution >= 4 is 5.91 Å². The van der Waals surface area contributed by atoms with Gasteiger partial charge in [-0.25, -0.2) is 9.67 Å². The van der Waals surface area contributed by atoms with Gasteiger partial charge in [0.2, 0.25) is 5.91 Å². The molecule has 1 saturated carbocycles. The van der Waals surface area contributed by atoms with Crippen LogP contribution in [-0.4, -0.2) is 38.9 Å². The summed E-state index contributed by atoms with van der Waals surface area (Å²) in [7, 11) is 1.56. The lowest BCUT2D eigenvalue weighted by molar-refractivity contribution is -0.121. The fourth-order valence-corrected chi connectivity index (χ4v) is 3.28. The van der Waals surface area contributed by atoms with Crippen molar-refractivity contribution in [1.29, 1.82) is 0 Å². The molecule has 1 N–H and O–H groups in total. The molecule has 1 aliphatic rings. The molecule has 1 aromatic carbocycles. The fraction of sp³-hybridized carbons (Fsp3) is 0.318. The number of carbonyl (C=O) groups excluding carboxylic acids is 1. The van der Waals surface area contributed by atoms with E-state index < -0.39 is 0 Å². The molecule has 0 radical (unpaired) electrons. The van der Waals surface area contributed by atoms with Gasteiger partial charge in [0, 0.05) is 36.7 Å². The monoisotopic (exact) mass is 421 g/mol. The zero-order valence-corrected chi connectivity index (χ0v) is 17.2. The van der Waals surface area contributed by atoms with Crippen LogP contribution in [-0.2, 0) is 17.9 Å². The van der Waals surface area contributed by atoms with Crippen molar-refractivity contribution in [1.82, 2.24) is 24.6 Å². The molecule has 1 aliphatic carbocycles. The Morgan fingerprint density at radius 3 is 2.71 bits per heavy atom. The number of rotatable bonds is 8. The molecule has 0 atom stereocenters. The SMILES string of the molecule is COc1ccccc1-c1ccc(=O)n(CC(=O)NCCn2cnc(C3CC3)cc2=O)n1. The topological polar surface area (TPSA) is 108 Å². The molecule has 31 heavy (non-hydrogen) atoms. The molecule has 0 aliphatic heterocycles. The van der Waals surface area contributed by atoms with Crippen molar-refractivity contribution in [2.24, 2.45) is 0 Å². The van der Waals surface area contributed by atoms with E-state index in [1.54, 1.807) is 25.3 Å². The Balaban J connectivity index is 1.38. The smallest absolute Gasteiger partial charge is 0.267 e. The van der Waals surface area contributed by atoms with Gasteiger partial charge in [0.05, 0.1) is 24.8 Å². The number of carbonyl (C=O) groups is 1. The number of para-hydroxylation sites is 1. The summed E-state index contributed by atoms with van der Waals surface area (Å²) in [4.78, 5) is 41.0. The molecule has 0 bridgehead atoms. The Kier molecular flexibility index (Phi) is 5.92. The van der Waals surface area contributed by atoms with Crippen molar-refractivity contribution in [2.75, 3.05) is 13.7 Å². The number of hydrogen-bond acceptors (Lipinski definition) is 6. The molecule has 9 heteroatoms. The first kappa shape index (κ1) is 20.5. The highest BCUT2D eigenvalue weighted by atomic mass is 16.5. The summed E-state index contributed by atoms with van der Waals surface area (Å²) in [6.45, 7) is 0.311. The number of methoxy groups -OCH3 is 1. The fourth-order valence-electron chi connectivity index (χ4n) is 3.28.